The number of pyridine rings is 2. The molecule has 0 N–H and O–H groups in total. The van der Waals surface area contributed by atoms with Crippen LogP contribution in [-0.4, -0.2) is 9.97 Å². The van der Waals surface area contributed by atoms with Crippen molar-refractivity contribution in [3.8, 4) is 22.3 Å². The maximum atomic E-state index is 4.77. The number of nitrogens with zero attached hydrogens (tertiary/aromatic N) is 3. The lowest BCUT2D eigenvalue weighted by molar-refractivity contribution is 1.29. The highest BCUT2D eigenvalue weighted by Gasteiger charge is 2.18. The highest BCUT2D eigenvalue weighted by molar-refractivity contribution is 6.12. The lowest BCUT2D eigenvalue weighted by Gasteiger charge is -2.27. The van der Waals surface area contributed by atoms with Gasteiger partial charge in [-0.1, -0.05) is 97.1 Å². The van der Waals surface area contributed by atoms with Crippen LogP contribution in [0, 0.1) is 0 Å². The number of anilines is 3. The molecule has 3 heteroatoms. The van der Waals surface area contributed by atoms with Gasteiger partial charge in [-0.3, -0.25) is 9.97 Å². The Hall–Kier alpha value is -5.28. The molecule has 0 bridgehead atoms. The Bertz CT molecular complexity index is 1900. The number of rotatable bonds is 5. The summed E-state index contributed by atoms with van der Waals surface area (Å²) in [5.74, 6) is 0. The Balaban J connectivity index is 1.46. The second-order valence-corrected chi connectivity index (χ2v) is 9.54. The van der Waals surface area contributed by atoms with E-state index in [4.69, 9.17) is 4.98 Å². The normalized spacial score (nSPS) is 11.1. The van der Waals surface area contributed by atoms with E-state index in [-0.39, 0.29) is 0 Å². The SMILES string of the molecule is c1ccc(-c2ccc(N(c3cccc(-c4ccccc4)c3)c3cccc4cnc5cccnc5c34)cc2)cc1. The van der Waals surface area contributed by atoms with Gasteiger partial charge in [0, 0.05) is 34.5 Å². The lowest BCUT2D eigenvalue weighted by Crippen LogP contribution is -2.11. The molecule has 0 aliphatic carbocycles. The van der Waals surface area contributed by atoms with Crippen molar-refractivity contribution in [1.29, 1.82) is 0 Å². The number of hydrogen-bond acceptors (Lipinski definition) is 3. The van der Waals surface area contributed by atoms with Crippen LogP contribution in [-0.2, 0) is 0 Å². The summed E-state index contributed by atoms with van der Waals surface area (Å²) in [5, 5.41) is 2.14. The number of hydrogen-bond donors (Lipinski definition) is 0. The second kappa shape index (κ2) is 9.88. The van der Waals surface area contributed by atoms with E-state index in [1.165, 1.54) is 22.3 Å². The standard InChI is InChI=1S/C36H25N3/c1-3-10-26(11-4-1)28-19-21-31(22-20-28)39(32-16-7-14-29(24-32)27-12-5-2-6-13-27)34-18-8-15-30-25-38-33-17-9-23-37-36(33)35(30)34/h1-25H. The molecule has 0 saturated carbocycles. The monoisotopic (exact) mass is 499 g/mol. The molecule has 0 spiro atoms. The molecule has 0 atom stereocenters. The van der Waals surface area contributed by atoms with Crippen molar-refractivity contribution in [1.82, 2.24) is 9.97 Å². The van der Waals surface area contributed by atoms with Gasteiger partial charge < -0.3 is 4.90 Å². The first-order chi connectivity index (χ1) is 19.3. The van der Waals surface area contributed by atoms with Crippen molar-refractivity contribution in [3.05, 3.63) is 152 Å². The van der Waals surface area contributed by atoms with Crippen LogP contribution in [0.15, 0.2) is 152 Å². The predicted molar refractivity (Wildman–Crippen MR) is 163 cm³/mol. The fourth-order valence-corrected chi connectivity index (χ4v) is 5.26. The highest BCUT2D eigenvalue weighted by Crippen LogP contribution is 2.42. The molecular formula is C36H25N3. The molecule has 0 aliphatic rings. The highest BCUT2D eigenvalue weighted by atomic mass is 15.1. The van der Waals surface area contributed by atoms with Crippen LogP contribution in [0.3, 0.4) is 0 Å². The van der Waals surface area contributed by atoms with Crippen molar-refractivity contribution >= 4 is 38.9 Å². The molecule has 0 radical (unpaired) electrons. The molecular weight excluding hydrogens is 474 g/mol. The molecule has 0 amide bonds. The second-order valence-electron chi connectivity index (χ2n) is 9.54. The van der Waals surface area contributed by atoms with Crippen LogP contribution in [0.2, 0.25) is 0 Å². The molecule has 7 aromatic rings. The maximum Gasteiger partial charge on any atom is 0.0986 e. The van der Waals surface area contributed by atoms with E-state index in [0.29, 0.717) is 0 Å². The minimum Gasteiger partial charge on any atom is -0.310 e. The van der Waals surface area contributed by atoms with E-state index in [1.807, 2.05) is 30.6 Å². The summed E-state index contributed by atoms with van der Waals surface area (Å²) >= 11 is 0. The molecule has 0 aliphatic heterocycles. The number of aromatic nitrogens is 2. The van der Waals surface area contributed by atoms with Crippen LogP contribution in [0.1, 0.15) is 0 Å². The summed E-state index contributed by atoms with van der Waals surface area (Å²) in [4.78, 5) is 11.8. The van der Waals surface area contributed by atoms with E-state index in [2.05, 4.69) is 131 Å². The average molecular weight is 500 g/mol. The molecule has 2 aromatic heterocycles. The topological polar surface area (TPSA) is 29.0 Å². The maximum absolute atomic E-state index is 4.77. The molecule has 5 aromatic carbocycles. The zero-order valence-corrected chi connectivity index (χ0v) is 21.3. The van der Waals surface area contributed by atoms with E-state index < -0.39 is 0 Å². The molecule has 0 fully saturated rings. The molecule has 3 nitrogen and oxygen atoms in total. The van der Waals surface area contributed by atoms with Crippen molar-refractivity contribution in [2.45, 2.75) is 0 Å². The van der Waals surface area contributed by atoms with Gasteiger partial charge >= 0.3 is 0 Å². The van der Waals surface area contributed by atoms with Gasteiger partial charge in [-0.15, -0.1) is 0 Å². The quantitative estimate of drug-likeness (QED) is 0.221. The Kier molecular flexibility index (Phi) is 5.80. The van der Waals surface area contributed by atoms with Gasteiger partial charge in [0.25, 0.3) is 0 Å². The first-order valence-corrected chi connectivity index (χ1v) is 13.1. The summed E-state index contributed by atoms with van der Waals surface area (Å²) in [6, 6.07) is 48.9. The van der Waals surface area contributed by atoms with Gasteiger partial charge in [0.15, 0.2) is 0 Å². The third-order valence-corrected chi connectivity index (χ3v) is 7.13. The van der Waals surface area contributed by atoms with Gasteiger partial charge in [-0.05, 0) is 64.7 Å². The predicted octanol–water partition coefficient (Wildman–Crippen LogP) is 9.59. The Morgan fingerprint density at radius 2 is 1.13 bits per heavy atom. The smallest absolute Gasteiger partial charge is 0.0986 e. The van der Waals surface area contributed by atoms with Gasteiger partial charge in [-0.2, -0.15) is 0 Å². The van der Waals surface area contributed by atoms with Crippen LogP contribution in [0.25, 0.3) is 44.1 Å². The first kappa shape index (κ1) is 22.9. The molecule has 2 heterocycles. The Morgan fingerprint density at radius 1 is 0.462 bits per heavy atom. The Morgan fingerprint density at radius 3 is 1.90 bits per heavy atom. The summed E-state index contributed by atoms with van der Waals surface area (Å²) in [7, 11) is 0. The largest absolute Gasteiger partial charge is 0.310 e. The van der Waals surface area contributed by atoms with Crippen molar-refractivity contribution in [3.63, 3.8) is 0 Å². The Labute approximate surface area is 227 Å². The van der Waals surface area contributed by atoms with E-state index in [1.54, 1.807) is 0 Å². The van der Waals surface area contributed by atoms with Gasteiger partial charge in [0.2, 0.25) is 0 Å². The first-order valence-electron chi connectivity index (χ1n) is 13.1. The fourth-order valence-electron chi connectivity index (χ4n) is 5.26. The van der Waals surface area contributed by atoms with Gasteiger partial charge in [0.1, 0.15) is 0 Å². The molecule has 184 valence electrons. The van der Waals surface area contributed by atoms with Crippen LogP contribution in [0.5, 0.6) is 0 Å². The van der Waals surface area contributed by atoms with E-state index in [9.17, 15) is 0 Å². The summed E-state index contributed by atoms with van der Waals surface area (Å²) in [5.41, 5.74) is 9.75. The third-order valence-electron chi connectivity index (χ3n) is 7.13. The third kappa shape index (κ3) is 4.30. The molecule has 39 heavy (non-hydrogen) atoms. The van der Waals surface area contributed by atoms with Crippen molar-refractivity contribution < 1.29 is 0 Å². The van der Waals surface area contributed by atoms with Gasteiger partial charge in [-0.25, -0.2) is 0 Å². The minimum absolute atomic E-state index is 0.884. The zero-order valence-electron chi connectivity index (χ0n) is 21.3. The summed E-state index contributed by atoms with van der Waals surface area (Å²) < 4.78 is 0. The van der Waals surface area contributed by atoms with E-state index >= 15 is 0 Å². The molecule has 0 unspecified atom stereocenters. The summed E-state index contributed by atoms with van der Waals surface area (Å²) in [6.07, 6.45) is 3.79. The summed E-state index contributed by atoms with van der Waals surface area (Å²) in [6.45, 7) is 0. The van der Waals surface area contributed by atoms with Crippen LogP contribution < -0.4 is 4.90 Å². The van der Waals surface area contributed by atoms with Crippen molar-refractivity contribution in [2.75, 3.05) is 4.90 Å². The van der Waals surface area contributed by atoms with Gasteiger partial charge in [0.05, 0.1) is 16.7 Å². The lowest BCUT2D eigenvalue weighted by atomic mass is 10.0. The molecule has 7 rings (SSSR count). The minimum atomic E-state index is 0.884. The number of benzene rings is 5. The van der Waals surface area contributed by atoms with Crippen molar-refractivity contribution in [2.24, 2.45) is 0 Å². The number of fused-ring (bicyclic) bond motifs is 3. The fraction of sp³-hybridized carbons (Fsp3) is 0. The van der Waals surface area contributed by atoms with E-state index in [0.717, 1.165) is 38.9 Å². The van der Waals surface area contributed by atoms with Crippen LogP contribution >= 0.6 is 0 Å². The molecule has 0 saturated heterocycles. The zero-order chi connectivity index (χ0) is 26.0. The average Bonchev–Trinajstić information content (AvgIpc) is 3.02. The van der Waals surface area contributed by atoms with Crippen LogP contribution in [0.4, 0.5) is 17.1 Å².